The first-order chi connectivity index (χ1) is 17.0. The molecule has 0 saturated carbocycles. The number of benzene rings is 2. The molecule has 0 unspecified atom stereocenters. The quantitative estimate of drug-likeness (QED) is 0.465. The predicted octanol–water partition coefficient (Wildman–Crippen LogP) is 3.76. The Morgan fingerprint density at radius 2 is 1.83 bits per heavy atom. The van der Waals surface area contributed by atoms with E-state index in [2.05, 4.69) is 14.6 Å². The van der Waals surface area contributed by atoms with Gasteiger partial charge in [-0.2, -0.15) is 13.2 Å². The van der Waals surface area contributed by atoms with E-state index in [1.165, 1.54) is 29.0 Å². The van der Waals surface area contributed by atoms with Crippen molar-refractivity contribution in [2.24, 2.45) is 0 Å². The Morgan fingerprint density at radius 1 is 1.14 bits per heavy atom. The number of amides is 2. The summed E-state index contributed by atoms with van der Waals surface area (Å²) in [5.41, 5.74) is 0.294. The summed E-state index contributed by atoms with van der Waals surface area (Å²) in [7, 11) is -1.84. The number of hydrogen-bond acceptors (Lipinski definition) is 7. The lowest BCUT2D eigenvalue weighted by Crippen LogP contribution is -2.50. The Kier molecular flexibility index (Phi) is 6.89. The van der Waals surface area contributed by atoms with Crippen LogP contribution in [-0.4, -0.2) is 61.3 Å². The summed E-state index contributed by atoms with van der Waals surface area (Å²) in [4.78, 5) is 16.0. The number of ether oxygens (including phenoxy) is 1. The maximum Gasteiger partial charge on any atom is 0.470 e. The maximum absolute atomic E-state index is 15.1. The molecule has 0 bridgehead atoms. The van der Waals surface area contributed by atoms with Crippen LogP contribution in [0, 0.1) is 5.82 Å². The summed E-state index contributed by atoms with van der Waals surface area (Å²) in [5, 5.41) is 6.24. The molecule has 1 fully saturated rings. The zero-order valence-electron chi connectivity index (χ0n) is 18.8. The second kappa shape index (κ2) is 9.76. The summed E-state index contributed by atoms with van der Waals surface area (Å²) in [6, 6.07) is 9.53. The lowest BCUT2D eigenvalue weighted by atomic mass is 10.1. The monoisotopic (exact) mass is 528 g/mol. The van der Waals surface area contributed by atoms with Gasteiger partial charge in [0.1, 0.15) is 11.6 Å². The summed E-state index contributed by atoms with van der Waals surface area (Å²) in [6.45, 7) is -0.313. The second-order valence-corrected chi connectivity index (χ2v) is 10.2. The zero-order chi connectivity index (χ0) is 26.1. The number of urea groups is 1. The van der Waals surface area contributed by atoms with E-state index in [-0.39, 0.29) is 42.3 Å². The van der Waals surface area contributed by atoms with Crippen LogP contribution in [0.5, 0.6) is 5.75 Å². The molecule has 1 aliphatic rings. The van der Waals surface area contributed by atoms with Gasteiger partial charge in [0.25, 0.3) is 0 Å². The van der Waals surface area contributed by atoms with Crippen LogP contribution < -0.4 is 9.64 Å². The zero-order valence-corrected chi connectivity index (χ0v) is 19.6. The smallest absolute Gasteiger partial charge is 0.470 e. The molecule has 2 aromatic carbocycles. The topological polar surface area (TPSA) is 106 Å². The number of para-hydroxylation sites is 2. The van der Waals surface area contributed by atoms with Gasteiger partial charge in [0, 0.05) is 24.2 Å². The average molecular weight is 528 g/mol. The number of rotatable bonds is 5. The van der Waals surface area contributed by atoms with E-state index in [0.29, 0.717) is 11.4 Å². The molecule has 0 spiro atoms. The number of carbonyl (C=O) groups is 1. The van der Waals surface area contributed by atoms with Crippen LogP contribution >= 0.6 is 0 Å². The Bertz CT molecular complexity index is 1360. The van der Waals surface area contributed by atoms with Crippen molar-refractivity contribution in [3.63, 3.8) is 0 Å². The molecule has 2 heterocycles. The van der Waals surface area contributed by atoms with Gasteiger partial charge in [0.15, 0.2) is 9.84 Å². The van der Waals surface area contributed by atoms with Gasteiger partial charge in [-0.15, -0.1) is 10.2 Å². The van der Waals surface area contributed by atoms with Crippen molar-refractivity contribution in [2.45, 2.75) is 12.7 Å². The third-order valence-corrected chi connectivity index (χ3v) is 7.13. The normalized spacial score (nSPS) is 15.5. The van der Waals surface area contributed by atoms with Gasteiger partial charge in [-0.1, -0.05) is 18.2 Å². The Balaban J connectivity index is 1.64. The molecule has 9 nitrogen and oxygen atoms in total. The van der Waals surface area contributed by atoms with Crippen molar-refractivity contribution < 1.29 is 39.9 Å². The van der Waals surface area contributed by atoms with Crippen molar-refractivity contribution in [3.05, 3.63) is 59.7 Å². The minimum absolute atomic E-state index is 0.0209. The number of hydrogen-bond donors (Lipinski definition) is 0. The molecule has 192 valence electrons. The first kappa shape index (κ1) is 25.4. The fourth-order valence-corrected chi connectivity index (χ4v) is 4.82. The number of alkyl halides is 3. The highest BCUT2D eigenvalue weighted by Gasteiger charge is 2.38. The van der Waals surface area contributed by atoms with E-state index in [4.69, 9.17) is 4.74 Å². The molecular weight excluding hydrogens is 508 g/mol. The lowest BCUT2D eigenvalue weighted by Gasteiger charge is -2.33. The summed E-state index contributed by atoms with van der Waals surface area (Å²) < 4.78 is 86.8. The van der Waals surface area contributed by atoms with Crippen molar-refractivity contribution in [3.8, 4) is 17.2 Å². The van der Waals surface area contributed by atoms with Crippen LogP contribution in [0.15, 0.2) is 46.9 Å². The van der Waals surface area contributed by atoms with E-state index in [9.17, 15) is 26.4 Å². The van der Waals surface area contributed by atoms with Crippen LogP contribution in [0.25, 0.3) is 11.5 Å². The fourth-order valence-electron chi connectivity index (χ4n) is 3.62. The van der Waals surface area contributed by atoms with Gasteiger partial charge in [0.2, 0.25) is 5.89 Å². The summed E-state index contributed by atoms with van der Waals surface area (Å²) >= 11 is 0. The minimum Gasteiger partial charge on any atom is -0.495 e. The van der Waals surface area contributed by atoms with Gasteiger partial charge in [0.05, 0.1) is 30.8 Å². The van der Waals surface area contributed by atoms with E-state index >= 15 is 4.39 Å². The van der Waals surface area contributed by atoms with Crippen LogP contribution in [0.1, 0.15) is 11.5 Å². The molecule has 0 N–H and O–H groups in total. The SMILES string of the molecule is COc1ccccc1N(Cc1ccc(-c2nnc(C(F)(F)F)o2)cc1F)C(=O)N1CCS(=O)(=O)CC1. The van der Waals surface area contributed by atoms with Crippen LogP contribution in [0.2, 0.25) is 0 Å². The van der Waals surface area contributed by atoms with E-state index in [0.717, 1.165) is 6.07 Å². The van der Waals surface area contributed by atoms with Crippen molar-refractivity contribution in [1.29, 1.82) is 0 Å². The first-order valence-electron chi connectivity index (χ1n) is 10.6. The molecule has 1 saturated heterocycles. The van der Waals surface area contributed by atoms with E-state index < -0.39 is 39.6 Å². The highest BCUT2D eigenvalue weighted by molar-refractivity contribution is 7.91. The van der Waals surface area contributed by atoms with Crippen LogP contribution in [-0.2, 0) is 22.6 Å². The Labute approximate surface area is 203 Å². The Hall–Kier alpha value is -3.68. The molecule has 4 rings (SSSR count). The second-order valence-electron chi connectivity index (χ2n) is 7.90. The van der Waals surface area contributed by atoms with Crippen molar-refractivity contribution in [1.82, 2.24) is 15.1 Å². The molecule has 0 aliphatic carbocycles. The lowest BCUT2D eigenvalue weighted by molar-refractivity contribution is -0.156. The molecule has 14 heteroatoms. The third kappa shape index (κ3) is 5.42. The number of aromatic nitrogens is 2. The number of carbonyl (C=O) groups excluding carboxylic acids is 1. The number of halogens is 4. The average Bonchev–Trinajstić information content (AvgIpc) is 3.34. The van der Waals surface area contributed by atoms with E-state index in [1.54, 1.807) is 24.3 Å². The number of sulfone groups is 1. The number of methoxy groups -OCH3 is 1. The predicted molar refractivity (Wildman–Crippen MR) is 119 cm³/mol. The summed E-state index contributed by atoms with van der Waals surface area (Å²) in [5.74, 6) is -2.94. The van der Waals surface area contributed by atoms with Gasteiger partial charge >= 0.3 is 18.1 Å². The van der Waals surface area contributed by atoms with Crippen LogP contribution in [0.3, 0.4) is 0 Å². The first-order valence-corrected chi connectivity index (χ1v) is 12.4. The molecule has 1 aliphatic heterocycles. The van der Waals surface area contributed by atoms with Gasteiger partial charge in [-0.25, -0.2) is 17.6 Å². The standard InChI is InChI=1S/C22H20F4N4O5S/c1-34-18-5-3-2-4-17(18)30(21(31)29-8-10-36(32,33)11-9-29)13-15-7-6-14(12-16(15)23)19-27-28-20(35-19)22(24,25)26/h2-7,12H,8-11,13H2,1H3. The molecule has 1 aromatic heterocycles. The van der Waals surface area contributed by atoms with Gasteiger partial charge < -0.3 is 14.1 Å². The van der Waals surface area contributed by atoms with Gasteiger partial charge in [-0.05, 0) is 24.3 Å². The Morgan fingerprint density at radius 3 is 2.44 bits per heavy atom. The molecule has 36 heavy (non-hydrogen) atoms. The highest BCUT2D eigenvalue weighted by atomic mass is 32.2. The maximum atomic E-state index is 15.1. The molecular formula is C22H20F4N4O5S. The summed E-state index contributed by atoms with van der Waals surface area (Å²) in [6.07, 6.45) is -4.84. The minimum atomic E-state index is -4.84. The molecule has 0 radical (unpaired) electrons. The number of nitrogens with zero attached hydrogens (tertiary/aromatic N) is 4. The molecule has 3 aromatic rings. The third-order valence-electron chi connectivity index (χ3n) is 5.52. The van der Waals surface area contributed by atoms with Crippen LogP contribution in [0.4, 0.5) is 28.0 Å². The molecule has 0 atom stereocenters. The fraction of sp³-hybridized carbons (Fsp3) is 0.318. The van der Waals surface area contributed by atoms with Crippen molar-refractivity contribution >= 4 is 21.6 Å². The van der Waals surface area contributed by atoms with Gasteiger partial charge in [-0.3, -0.25) is 4.90 Å². The highest BCUT2D eigenvalue weighted by Crippen LogP contribution is 2.33. The van der Waals surface area contributed by atoms with Crippen molar-refractivity contribution in [2.75, 3.05) is 36.6 Å². The van der Waals surface area contributed by atoms with E-state index in [1.807, 2.05) is 0 Å². The number of anilines is 1. The molecule has 2 amide bonds. The largest absolute Gasteiger partial charge is 0.495 e.